The van der Waals surface area contributed by atoms with Gasteiger partial charge >= 0.3 is 0 Å². The number of benzene rings is 1. The zero-order valence-corrected chi connectivity index (χ0v) is 16.7. The lowest BCUT2D eigenvalue weighted by Crippen LogP contribution is -2.32. The van der Waals surface area contributed by atoms with E-state index >= 15 is 0 Å². The molecule has 1 N–H and O–H groups in total. The van der Waals surface area contributed by atoms with Crippen molar-refractivity contribution in [2.24, 2.45) is 7.05 Å². The maximum absolute atomic E-state index is 12.6. The first-order chi connectivity index (χ1) is 12.1. The quantitative estimate of drug-likeness (QED) is 0.794. The van der Waals surface area contributed by atoms with Gasteiger partial charge in [-0.25, -0.2) is 13.1 Å². The third kappa shape index (κ3) is 4.92. The van der Waals surface area contributed by atoms with E-state index in [1.54, 1.807) is 36.7 Å². The second-order valence-electron chi connectivity index (χ2n) is 6.65. The van der Waals surface area contributed by atoms with Gasteiger partial charge in [0.15, 0.2) is 0 Å². The van der Waals surface area contributed by atoms with Crippen LogP contribution >= 0.6 is 0 Å². The molecule has 1 heterocycles. The highest BCUT2D eigenvalue weighted by atomic mass is 32.2. The molecule has 26 heavy (non-hydrogen) atoms. The van der Waals surface area contributed by atoms with Crippen molar-refractivity contribution < 1.29 is 13.2 Å². The van der Waals surface area contributed by atoms with Crippen LogP contribution in [0, 0.1) is 20.8 Å². The van der Waals surface area contributed by atoms with Crippen LogP contribution in [0.2, 0.25) is 0 Å². The van der Waals surface area contributed by atoms with Crippen LogP contribution in [0.15, 0.2) is 29.4 Å². The number of hydrogen-bond acceptors (Lipinski definition) is 4. The summed E-state index contributed by atoms with van der Waals surface area (Å²) in [6.07, 6.45) is 3.64. The molecule has 142 valence electrons. The standard InChI is InChI=1S/C18H26N4O3S/c1-13-8-14(2)18(15(3)9-13)26(24,25)20-7-6-17(23)21(4)11-16-10-19-22(5)12-16/h8-10,12,20H,6-7,11H2,1-5H3. The molecule has 2 aromatic rings. The van der Waals surface area contributed by atoms with Crippen molar-refractivity contribution in [3.05, 3.63) is 46.8 Å². The van der Waals surface area contributed by atoms with Crippen molar-refractivity contribution >= 4 is 15.9 Å². The van der Waals surface area contributed by atoms with Crippen LogP contribution < -0.4 is 4.72 Å². The average molecular weight is 378 g/mol. The molecule has 0 bridgehead atoms. The molecular formula is C18H26N4O3S. The number of hydrogen-bond donors (Lipinski definition) is 1. The zero-order valence-electron chi connectivity index (χ0n) is 15.9. The number of aromatic nitrogens is 2. The minimum atomic E-state index is -3.65. The van der Waals surface area contributed by atoms with Crippen LogP contribution in [0.3, 0.4) is 0 Å². The normalized spacial score (nSPS) is 11.6. The number of rotatable bonds is 7. The number of carbonyl (C=O) groups excluding carboxylic acids is 1. The van der Waals surface area contributed by atoms with Crippen molar-refractivity contribution in [1.82, 2.24) is 19.4 Å². The number of nitrogens with one attached hydrogen (secondary N) is 1. The fraction of sp³-hybridized carbons (Fsp3) is 0.444. The van der Waals surface area contributed by atoms with E-state index in [1.165, 1.54) is 0 Å². The molecule has 2 rings (SSSR count). The van der Waals surface area contributed by atoms with Gasteiger partial charge in [0.05, 0.1) is 11.1 Å². The van der Waals surface area contributed by atoms with Gasteiger partial charge in [0, 0.05) is 45.4 Å². The van der Waals surface area contributed by atoms with E-state index in [4.69, 9.17) is 0 Å². The van der Waals surface area contributed by atoms with Crippen molar-refractivity contribution in [3.8, 4) is 0 Å². The Bertz CT molecular complexity index is 880. The highest BCUT2D eigenvalue weighted by molar-refractivity contribution is 7.89. The second kappa shape index (κ2) is 8.01. The molecule has 0 unspecified atom stereocenters. The largest absolute Gasteiger partial charge is 0.341 e. The van der Waals surface area contributed by atoms with E-state index in [0.29, 0.717) is 22.6 Å². The molecule has 1 aromatic carbocycles. The highest BCUT2D eigenvalue weighted by Gasteiger charge is 2.20. The molecule has 1 amide bonds. The monoisotopic (exact) mass is 378 g/mol. The first kappa shape index (κ1) is 20.1. The molecule has 0 atom stereocenters. The Balaban J connectivity index is 1.95. The first-order valence-corrected chi connectivity index (χ1v) is 9.87. The van der Waals surface area contributed by atoms with Crippen LogP contribution in [-0.4, -0.2) is 42.6 Å². The predicted octanol–water partition coefficient (Wildman–Crippen LogP) is 1.67. The molecule has 1 aromatic heterocycles. The molecule has 0 aliphatic heterocycles. The van der Waals surface area contributed by atoms with Gasteiger partial charge in [0.1, 0.15) is 0 Å². The van der Waals surface area contributed by atoms with Crippen LogP contribution in [0.25, 0.3) is 0 Å². The van der Waals surface area contributed by atoms with Gasteiger partial charge in [-0.1, -0.05) is 17.7 Å². The fourth-order valence-corrected chi connectivity index (χ4v) is 4.54. The zero-order chi connectivity index (χ0) is 19.5. The summed E-state index contributed by atoms with van der Waals surface area (Å²) in [5.74, 6) is -0.131. The van der Waals surface area contributed by atoms with Crippen LogP contribution in [-0.2, 0) is 28.4 Å². The summed E-state index contributed by atoms with van der Waals surface area (Å²) in [6, 6.07) is 3.68. The minimum absolute atomic E-state index is 0.0608. The number of nitrogens with zero attached hydrogens (tertiary/aromatic N) is 3. The average Bonchev–Trinajstić information content (AvgIpc) is 2.90. The lowest BCUT2D eigenvalue weighted by atomic mass is 10.1. The van der Waals surface area contributed by atoms with Crippen molar-refractivity contribution in [2.75, 3.05) is 13.6 Å². The molecule has 7 nitrogen and oxygen atoms in total. The molecule has 0 saturated carbocycles. The summed E-state index contributed by atoms with van der Waals surface area (Å²) < 4.78 is 29.4. The Morgan fingerprint density at radius 1 is 1.23 bits per heavy atom. The fourth-order valence-electron chi connectivity index (χ4n) is 3.06. The van der Waals surface area contributed by atoms with E-state index in [1.807, 2.05) is 32.3 Å². The lowest BCUT2D eigenvalue weighted by molar-refractivity contribution is -0.130. The second-order valence-corrected chi connectivity index (χ2v) is 8.35. The summed E-state index contributed by atoms with van der Waals surface area (Å²) in [4.78, 5) is 14.1. The number of aryl methyl sites for hydroxylation is 4. The third-order valence-corrected chi connectivity index (χ3v) is 5.87. The van der Waals surface area contributed by atoms with Gasteiger partial charge < -0.3 is 4.90 Å². The van der Waals surface area contributed by atoms with Crippen molar-refractivity contribution in [3.63, 3.8) is 0 Å². The van der Waals surface area contributed by atoms with Gasteiger partial charge in [-0.05, 0) is 31.9 Å². The van der Waals surface area contributed by atoms with Gasteiger partial charge in [-0.15, -0.1) is 0 Å². The van der Waals surface area contributed by atoms with E-state index in [9.17, 15) is 13.2 Å². The molecule has 0 saturated heterocycles. The maximum atomic E-state index is 12.6. The number of amides is 1. The van der Waals surface area contributed by atoms with Gasteiger partial charge in [-0.2, -0.15) is 5.10 Å². The predicted molar refractivity (Wildman–Crippen MR) is 100 cm³/mol. The summed E-state index contributed by atoms with van der Waals surface area (Å²) in [6.45, 7) is 5.99. The Morgan fingerprint density at radius 3 is 2.38 bits per heavy atom. The topological polar surface area (TPSA) is 84.3 Å². The summed E-state index contributed by atoms with van der Waals surface area (Å²) in [7, 11) is -0.142. The Labute approximate surface area is 155 Å². The van der Waals surface area contributed by atoms with Gasteiger partial charge in [0.25, 0.3) is 0 Å². The smallest absolute Gasteiger partial charge is 0.241 e. The van der Waals surface area contributed by atoms with Crippen LogP contribution in [0.1, 0.15) is 28.7 Å². The Kier molecular flexibility index (Phi) is 6.20. The molecule has 0 radical (unpaired) electrons. The van der Waals surface area contributed by atoms with E-state index < -0.39 is 10.0 Å². The molecule has 8 heteroatoms. The van der Waals surface area contributed by atoms with Crippen molar-refractivity contribution in [2.45, 2.75) is 38.6 Å². The van der Waals surface area contributed by atoms with E-state index in [-0.39, 0.29) is 18.9 Å². The van der Waals surface area contributed by atoms with E-state index in [2.05, 4.69) is 9.82 Å². The Hall–Kier alpha value is -2.19. The molecule has 0 aliphatic rings. The molecule has 0 fully saturated rings. The number of sulfonamides is 1. The molecule has 0 spiro atoms. The Morgan fingerprint density at radius 2 is 1.85 bits per heavy atom. The third-order valence-electron chi connectivity index (χ3n) is 4.11. The van der Waals surface area contributed by atoms with Gasteiger partial charge in [0.2, 0.25) is 15.9 Å². The van der Waals surface area contributed by atoms with Crippen molar-refractivity contribution in [1.29, 1.82) is 0 Å². The van der Waals surface area contributed by atoms with Crippen LogP contribution in [0.4, 0.5) is 0 Å². The highest BCUT2D eigenvalue weighted by Crippen LogP contribution is 2.21. The van der Waals surface area contributed by atoms with E-state index in [0.717, 1.165) is 11.1 Å². The summed E-state index contributed by atoms with van der Waals surface area (Å²) in [5.41, 5.74) is 3.35. The van der Waals surface area contributed by atoms with Crippen LogP contribution in [0.5, 0.6) is 0 Å². The maximum Gasteiger partial charge on any atom is 0.241 e. The lowest BCUT2D eigenvalue weighted by Gasteiger charge is -2.17. The summed E-state index contributed by atoms with van der Waals surface area (Å²) in [5, 5.41) is 4.07. The molecule has 0 aliphatic carbocycles. The summed E-state index contributed by atoms with van der Waals surface area (Å²) >= 11 is 0. The number of carbonyl (C=O) groups is 1. The minimum Gasteiger partial charge on any atom is -0.341 e. The van der Waals surface area contributed by atoms with Gasteiger partial charge in [-0.3, -0.25) is 9.48 Å². The first-order valence-electron chi connectivity index (χ1n) is 8.39. The molecular weight excluding hydrogens is 352 g/mol. The SMILES string of the molecule is Cc1cc(C)c(S(=O)(=O)NCCC(=O)N(C)Cc2cnn(C)c2)c(C)c1.